The Balaban J connectivity index is 0.000000612. The third-order valence-electron chi connectivity index (χ3n) is 3.08. The van der Waals surface area contributed by atoms with E-state index in [1.165, 1.54) is 6.42 Å². The van der Waals surface area contributed by atoms with Crippen molar-refractivity contribution in [2.45, 2.75) is 45.7 Å². The van der Waals surface area contributed by atoms with E-state index in [0.717, 1.165) is 30.8 Å². The second-order valence-electron chi connectivity index (χ2n) is 5.26. The highest BCUT2D eigenvalue weighted by molar-refractivity contribution is 5.28. The van der Waals surface area contributed by atoms with Gasteiger partial charge in [0.1, 0.15) is 0 Å². The summed E-state index contributed by atoms with van der Waals surface area (Å²) in [5.41, 5.74) is 8.20. The minimum absolute atomic E-state index is 0.112. The maximum Gasteiger partial charge on any atom is 0.251 e. The number of hydrogen-bond donors (Lipinski definition) is 2. The Bertz CT molecular complexity index is 530. The van der Waals surface area contributed by atoms with Gasteiger partial charge in [-0.2, -0.15) is 5.26 Å². The number of hydrogen-bond acceptors (Lipinski definition) is 4. The Labute approximate surface area is 120 Å². The first-order valence-electron chi connectivity index (χ1n) is 7.09. The molecule has 20 heavy (non-hydrogen) atoms. The van der Waals surface area contributed by atoms with Crippen LogP contribution in [0.1, 0.15) is 37.1 Å². The van der Waals surface area contributed by atoms with Gasteiger partial charge in [0.15, 0.2) is 0 Å². The van der Waals surface area contributed by atoms with Crippen molar-refractivity contribution < 1.29 is 0 Å². The zero-order valence-electron chi connectivity index (χ0n) is 12.6. The maximum absolute atomic E-state index is 11.8. The van der Waals surface area contributed by atoms with Crippen molar-refractivity contribution in [3.63, 3.8) is 0 Å². The van der Waals surface area contributed by atoms with Crippen LogP contribution in [0.25, 0.3) is 0 Å². The van der Waals surface area contributed by atoms with E-state index in [2.05, 4.69) is 30.8 Å². The minimum atomic E-state index is -0.615. The van der Waals surface area contributed by atoms with E-state index in [9.17, 15) is 4.79 Å². The molecule has 1 aliphatic heterocycles. The molecule has 0 saturated heterocycles. The van der Waals surface area contributed by atoms with E-state index in [1.54, 1.807) is 0 Å². The Morgan fingerprint density at radius 3 is 2.80 bits per heavy atom. The van der Waals surface area contributed by atoms with E-state index >= 15 is 0 Å². The van der Waals surface area contributed by atoms with Gasteiger partial charge >= 0.3 is 0 Å². The van der Waals surface area contributed by atoms with Gasteiger partial charge in [0.2, 0.25) is 0 Å². The lowest BCUT2D eigenvalue weighted by molar-refractivity contribution is 0.309. The average molecular weight is 276 g/mol. The van der Waals surface area contributed by atoms with Gasteiger partial charge < -0.3 is 15.6 Å². The lowest BCUT2D eigenvalue weighted by atomic mass is 10.0. The van der Waals surface area contributed by atoms with Gasteiger partial charge in [-0.25, -0.2) is 0 Å². The highest BCUT2D eigenvalue weighted by Gasteiger charge is 2.16. The Morgan fingerprint density at radius 2 is 2.20 bits per heavy atom. The highest BCUT2D eigenvalue weighted by atomic mass is 16.1. The number of nitriles is 1. The molecule has 2 rings (SSSR count). The van der Waals surface area contributed by atoms with Crippen LogP contribution in [0.2, 0.25) is 0 Å². The summed E-state index contributed by atoms with van der Waals surface area (Å²) in [6, 6.07) is 3.22. The van der Waals surface area contributed by atoms with E-state index in [-0.39, 0.29) is 5.56 Å². The van der Waals surface area contributed by atoms with Gasteiger partial charge in [0.25, 0.3) is 5.56 Å². The molecule has 0 fully saturated rings. The second kappa shape index (κ2) is 7.83. The number of nitrogens with two attached hydrogens (primary N) is 1. The molecule has 1 aromatic rings. The molecule has 1 aliphatic rings. The van der Waals surface area contributed by atoms with Crippen LogP contribution in [-0.4, -0.2) is 29.5 Å². The summed E-state index contributed by atoms with van der Waals surface area (Å²) in [6.07, 6.45) is 2.43. The van der Waals surface area contributed by atoms with Gasteiger partial charge in [0.05, 0.1) is 12.1 Å². The van der Waals surface area contributed by atoms with Crippen molar-refractivity contribution in [1.82, 2.24) is 9.88 Å². The van der Waals surface area contributed by atoms with Crippen molar-refractivity contribution in [3.8, 4) is 6.07 Å². The molecule has 0 spiro atoms. The van der Waals surface area contributed by atoms with Crippen molar-refractivity contribution in [2.75, 3.05) is 13.6 Å². The Kier molecular flexibility index (Phi) is 6.43. The lowest BCUT2D eigenvalue weighted by Crippen LogP contribution is -2.31. The number of aromatic nitrogens is 1. The van der Waals surface area contributed by atoms with Crippen molar-refractivity contribution in [1.29, 1.82) is 5.26 Å². The summed E-state index contributed by atoms with van der Waals surface area (Å²) in [6.45, 7) is 6.04. The number of pyridine rings is 1. The number of fused-ring (bicyclic) bond motifs is 1. The lowest BCUT2D eigenvalue weighted by Gasteiger charge is -2.24. The number of likely N-dealkylation sites (N-methyl/N-ethyl adjacent to an activating group) is 1. The molecular weight excluding hydrogens is 252 g/mol. The molecule has 0 radical (unpaired) electrons. The number of rotatable bonds is 2. The van der Waals surface area contributed by atoms with Crippen LogP contribution in [0.4, 0.5) is 0 Å². The summed E-state index contributed by atoms with van der Waals surface area (Å²) >= 11 is 0. The third kappa shape index (κ3) is 4.48. The smallest absolute Gasteiger partial charge is 0.251 e. The van der Waals surface area contributed by atoms with Crippen LogP contribution in [0.5, 0.6) is 0 Å². The predicted molar refractivity (Wildman–Crippen MR) is 80.4 cm³/mol. The monoisotopic (exact) mass is 276 g/mol. The molecule has 0 amide bonds. The zero-order valence-corrected chi connectivity index (χ0v) is 12.6. The summed E-state index contributed by atoms with van der Waals surface area (Å²) < 4.78 is 0. The zero-order chi connectivity index (χ0) is 15.1. The van der Waals surface area contributed by atoms with Crippen LogP contribution in [0, 0.1) is 11.3 Å². The van der Waals surface area contributed by atoms with E-state index in [1.807, 2.05) is 12.1 Å². The number of nitrogens with one attached hydrogen (secondary N) is 1. The predicted octanol–water partition coefficient (Wildman–Crippen LogP) is 1.17. The Hall–Kier alpha value is -1.64. The fraction of sp³-hybridized carbons (Fsp3) is 0.600. The fourth-order valence-electron chi connectivity index (χ4n) is 2.13. The normalized spacial score (nSPS) is 15.6. The molecule has 110 valence electrons. The number of H-pyrrole nitrogens is 1. The first-order valence-corrected chi connectivity index (χ1v) is 7.09. The fourth-order valence-corrected chi connectivity index (χ4v) is 2.13. The maximum atomic E-state index is 11.8. The van der Waals surface area contributed by atoms with Gasteiger partial charge in [-0.1, -0.05) is 20.3 Å². The molecule has 1 atom stereocenters. The van der Waals surface area contributed by atoms with Crippen molar-refractivity contribution in [3.05, 3.63) is 33.2 Å². The molecule has 5 nitrogen and oxygen atoms in total. The van der Waals surface area contributed by atoms with Crippen LogP contribution in [0.3, 0.4) is 0 Å². The molecule has 0 aliphatic carbocycles. The second-order valence-corrected chi connectivity index (χ2v) is 5.26. The molecule has 0 bridgehead atoms. The van der Waals surface area contributed by atoms with Gasteiger partial charge in [0, 0.05) is 37.2 Å². The van der Waals surface area contributed by atoms with Gasteiger partial charge in [-0.15, -0.1) is 0 Å². The topological polar surface area (TPSA) is 85.9 Å². The molecule has 0 saturated carbocycles. The molecule has 1 aromatic heterocycles. The standard InChI is InChI=1S/C12H16N4O.C3H8/c1-16-3-2-11-9(7-16)4-8(12(17)15-11)5-10(14)6-13;1-3-2/h4,10H,2-3,5,7,14H2,1H3,(H,15,17);3H2,1-2H3. The van der Waals surface area contributed by atoms with Crippen LogP contribution >= 0.6 is 0 Å². The quantitative estimate of drug-likeness (QED) is 0.849. The van der Waals surface area contributed by atoms with Crippen LogP contribution < -0.4 is 11.3 Å². The molecule has 1 unspecified atom stereocenters. The highest BCUT2D eigenvalue weighted by Crippen LogP contribution is 2.15. The van der Waals surface area contributed by atoms with Crippen molar-refractivity contribution in [2.24, 2.45) is 5.73 Å². The SMILES string of the molecule is CCC.CN1CCc2[nH]c(=O)c(CC(N)C#N)cc2C1. The molecule has 2 heterocycles. The van der Waals surface area contributed by atoms with Gasteiger partial charge in [-0.3, -0.25) is 4.79 Å². The summed E-state index contributed by atoms with van der Waals surface area (Å²) in [5, 5.41) is 8.67. The van der Waals surface area contributed by atoms with Crippen LogP contribution in [-0.2, 0) is 19.4 Å². The molecule has 5 heteroatoms. The number of nitrogens with zero attached hydrogens (tertiary/aromatic N) is 2. The van der Waals surface area contributed by atoms with Crippen LogP contribution in [0.15, 0.2) is 10.9 Å². The first-order chi connectivity index (χ1) is 9.51. The van der Waals surface area contributed by atoms with E-state index in [4.69, 9.17) is 11.0 Å². The molecular formula is C15H24N4O. The first kappa shape index (κ1) is 16.4. The largest absolute Gasteiger partial charge is 0.326 e. The third-order valence-corrected chi connectivity index (χ3v) is 3.08. The summed E-state index contributed by atoms with van der Waals surface area (Å²) in [7, 11) is 2.05. The Morgan fingerprint density at radius 1 is 1.55 bits per heavy atom. The van der Waals surface area contributed by atoms with E-state index < -0.39 is 6.04 Å². The minimum Gasteiger partial charge on any atom is -0.326 e. The molecule has 3 N–H and O–H groups in total. The average Bonchev–Trinajstić information content (AvgIpc) is 2.41. The number of aromatic amines is 1. The van der Waals surface area contributed by atoms with Gasteiger partial charge in [-0.05, 0) is 18.7 Å². The van der Waals surface area contributed by atoms with Crippen molar-refractivity contribution >= 4 is 0 Å². The van der Waals surface area contributed by atoms with E-state index in [0.29, 0.717) is 12.0 Å². The summed E-state index contributed by atoms with van der Waals surface area (Å²) in [5.74, 6) is 0. The summed E-state index contributed by atoms with van der Waals surface area (Å²) in [4.78, 5) is 16.9. The molecule has 0 aromatic carbocycles.